The van der Waals surface area contributed by atoms with Gasteiger partial charge in [-0.1, -0.05) is 18.2 Å². The number of amides is 1. The number of likely N-dealkylation sites (N-methyl/N-ethyl adjacent to an activating group) is 1. The van der Waals surface area contributed by atoms with Gasteiger partial charge < -0.3 is 15.4 Å². The summed E-state index contributed by atoms with van der Waals surface area (Å²) in [6, 6.07) is 13.6. The predicted octanol–water partition coefficient (Wildman–Crippen LogP) is 2.36. The average molecular weight is 345 g/mol. The molecule has 2 aromatic rings. The quantitative estimate of drug-likeness (QED) is 0.755. The third-order valence-corrected chi connectivity index (χ3v) is 4.65. The monoisotopic (exact) mass is 345 g/mol. The summed E-state index contributed by atoms with van der Waals surface area (Å²) in [5.74, 6) is 1.46. The van der Waals surface area contributed by atoms with Crippen molar-refractivity contribution in [2.24, 2.45) is 5.73 Å². The fourth-order valence-corrected chi connectivity index (χ4v) is 2.82. The van der Waals surface area contributed by atoms with Crippen molar-refractivity contribution in [3.05, 3.63) is 54.2 Å². The maximum atomic E-state index is 11.3. The van der Waals surface area contributed by atoms with Crippen LogP contribution in [0.3, 0.4) is 0 Å². The van der Waals surface area contributed by atoms with E-state index >= 15 is 0 Å². The van der Waals surface area contributed by atoms with Crippen LogP contribution >= 0.6 is 11.8 Å². The highest BCUT2D eigenvalue weighted by atomic mass is 32.2. The molecule has 1 heterocycles. The molecule has 1 aromatic carbocycles. The summed E-state index contributed by atoms with van der Waals surface area (Å²) in [7, 11) is 1.99. The lowest BCUT2D eigenvalue weighted by Crippen LogP contribution is -2.27. The minimum absolute atomic E-state index is 0.191. The van der Waals surface area contributed by atoms with Crippen LogP contribution in [0.4, 0.5) is 5.82 Å². The summed E-state index contributed by atoms with van der Waals surface area (Å²) in [4.78, 5) is 17.6. The van der Waals surface area contributed by atoms with Crippen LogP contribution < -0.4 is 15.4 Å². The van der Waals surface area contributed by atoms with Crippen LogP contribution in [0.15, 0.2) is 48.7 Å². The topological polar surface area (TPSA) is 68.4 Å². The first-order valence-corrected chi connectivity index (χ1v) is 9.05. The lowest BCUT2D eigenvalue weighted by Gasteiger charge is -2.18. The number of ether oxygens (including phenoxy) is 1. The van der Waals surface area contributed by atoms with Crippen molar-refractivity contribution in [1.82, 2.24) is 4.98 Å². The minimum atomic E-state index is -0.277. The molecule has 0 aliphatic heterocycles. The zero-order valence-electron chi connectivity index (χ0n) is 14.0. The first-order valence-electron chi connectivity index (χ1n) is 7.76. The van der Waals surface area contributed by atoms with Gasteiger partial charge in [-0.3, -0.25) is 4.79 Å². The molecular weight excluding hydrogens is 322 g/mol. The SMILES string of the molecule is CSC(Cc1ccc(OCCN(C)c2ccccn2)cc1)C(N)=O. The molecule has 1 aromatic heterocycles. The van der Waals surface area contributed by atoms with Gasteiger partial charge in [0.05, 0.1) is 11.8 Å². The highest BCUT2D eigenvalue weighted by Gasteiger charge is 2.14. The number of benzene rings is 1. The lowest BCUT2D eigenvalue weighted by molar-refractivity contribution is -0.117. The maximum Gasteiger partial charge on any atom is 0.230 e. The number of thioether (sulfide) groups is 1. The Hall–Kier alpha value is -2.21. The van der Waals surface area contributed by atoms with Gasteiger partial charge in [-0.15, -0.1) is 0 Å². The Balaban J connectivity index is 1.80. The van der Waals surface area contributed by atoms with E-state index in [2.05, 4.69) is 4.98 Å². The smallest absolute Gasteiger partial charge is 0.230 e. The van der Waals surface area contributed by atoms with Crippen LogP contribution in [0.1, 0.15) is 5.56 Å². The Morgan fingerprint density at radius 1 is 1.29 bits per heavy atom. The number of hydrogen-bond acceptors (Lipinski definition) is 5. The van der Waals surface area contributed by atoms with Crippen molar-refractivity contribution in [2.75, 3.05) is 31.4 Å². The van der Waals surface area contributed by atoms with E-state index in [-0.39, 0.29) is 11.2 Å². The summed E-state index contributed by atoms with van der Waals surface area (Å²) >= 11 is 1.47. The molecule has 6 heteroatoms. The van der Waals surface area contributed by atoms with Crippen LogP contribution in [0.2, 0.25) is 0 Å². The molecule has 0 saturated carbocycles. The lowest BCUT2D eigenvalue weighted by atomic mass is 10.1. The summed E-state index contributed by atoms with van der Waals surface area (Å²) in [5, 5.41) is -0.191. The fourth-order valence-electron chi connectivity index (χ4n) is 2.23. The molecule has 128 valence electrons. The summed E-state index contributed by atoms with van der Waals surface area (Å²) in [6.07, 6.45) is 4.31. The maximum absolute atomic E-state index is 11.3. The van der Waals surface area contributed by atoms with E-state index in [4.69, 9.17) is 10.5 Å². The van der Waals surface area contributed by atoms with Gasteiger partial charge in [0.1, 0.15) is 18.2 Å². The number of aromatic nitrogens is 1. The van der Waals surface area contributed by atoms with Gasteiger partial charge in [0.2, 0.25) is 5.91 Å². The van der Waals surface area contributed by atoms with E-state index in [1.165, 1.54) is 11.8 Å². The first-order chi connectivity index (χ1) is 11.6. The summed E-state index contributed by atoms with van der Waals surface area (Å²) in [6.45, 7) is 1.32. The molecule has 0 radical (unpaired) electrons. The normalized spacial score (nSPS) is 11.8. The molecule has 0 bridgehead atoms. The summed E-state index contributed by atoms with van der Waals surface area (Å²) < 4.78 is 5.77. The third-order valence-electron chi connectivity index (χ3n) is 3.68. The second-order valence-electron chi connectivity index (χ2n) is 5.43. The molecule has 0 fully saturated rings. The van der Waals surface area contributed by atoms with Gasteiger partial charge in [-0.25, -0.2) is 4.98 Å². The zero-order chi connectivity index (χ0) is 17.4. The second kappa shape index (κ2) is 9.17. The van der Waals surface area contributed by atoms with E-state index in [0.29, 0.717) is 13.0 Å². The number of anilines is 1. The Bertz CT molecular complexity index is 634. The van der Waals surface area contributed by atoms with Gasteiger partial charge in [0.25, 0.3) is 0 Å². The number of pyridine rings is 1. The van der Waals surface area contributed by atoms with Crippen LogP contribution in [0.5, 0.6) is 5.75 Å². The van der Waals surface area contributed by atoms with Gasteiger partial charge >= 0.3 is 0 Å². The highest BCUT2D eigenvalue weighted by molar-refractivity contribution is 7.99. The largest absolute Gasteiger partial charge is 0.492 e. The van der Waals surface area contributed by atoms with Crippen LogP contribution in [-0.2, 0) is 11.2 Å². The van der Waals surface area contributed by atoms with Crippen molar-refractivity contribution >= 4 is 23.5 Å². The summed E-state index contributed by atoms with van der Waals surface area (Å²) in [5.41, 5.74) is 6.45. The van der Waals surface area contributed by atoms with E-state index in [1.807, 2.05) is 60.7 Å². The standard InChI is InChI=1S/C18H23N3O2S/c1-21(17-5-3-4-10-20-17)11-12-23-15-8-6-14(7-9-15)13-16(24-2)18(19)22/h3-10,16H,11-13H2,1-2H3,(H2,19,22). The number of primary amides is 1. The van der Waals surface area contributed by atoms with Crippen molar-refractivity contribution in [1.29, 1.82) is 0 Å². The number of carbonyl (C=O) groups excluding carboxylic acids is 1. The molecule has 2 N–H and O–H groups in total. The van der Waals surface area contributed by atoms with Crippen molar-refractivity contribution in [2.45, 2.75) is 11.7 Å². The molecule has 0 spiro atoms. The number of hydrogen-bond donors (Lipinski definition) is 1. The molecule has 24 heavy (non-hydrogen) atoms. The molecule has 1 amide bonds. The first kappa shape index (κ1) is 18.1. The average Bonchev–Trinajstić information content (AvgIpc) is 2.61. The van der Waals surface area contributed by atoms with Gasteiger partial charge in [0, 0.05) is 13.2 Å². The number of nitrogens with zero attached hydrogens (tertiary/aromatic N) is 2. The van der Waals surface area contributed by atoms with Crippen molar-refractivity contribution < 1.29 is 9.53 Å². The van der Waals surface area contributed by atoms with Crippen LogP contribution in [-0.4, -0.2) is 42.6 Å². The molecule has 1 atom stereocenters. The number of carbonyl (C=O) groups is 1. The van der Waals surface area contributed by atoms with Gasteiger partial charge in [0.15, 0.2) is 0 Å². The van der Waals surface area contributed by atoms with E-state index < -0.39 is 0 Å². The van der Waals surface area contributed by atoms with E-state index in [0.717, 1.165) is 23.7 Å². The zero-order valence-corrected chi connectivity index (χ0v) is 14.8. The number of nitrogens with two attached hydrogens (primary N) is 1. The molecule has 0 saturated heterocycles. The highest BCUT2D eigenvalue weighted by Crippen LogP contribution is 2.17. The fraction of sp³-hybridized carbons (Fsp3) is 0.333. The minimum Gasteiger partial charge on any atom is -0.492 e. The Labute approximate surface area is 147 Å². The van der Waals surface area contributed by atoms with Gasteiger partial charge in [-0.2, -0.15) is 11.8 Å². The van der Waals surface area contributed by atoms with Gasteiger partial charge in [-0.05, 0) is 42.5 Å². The molecule has 2 rings (SSSR count). The Morgan fingerprint density at radius 2 is 2.04 bits per heavy atom. The van der Waals surface area contributed by atoms with E-state index in [9.17, 15) is 4.79 Å². The van der Waals surface area contributed by atoms with Crippen molar-refractivity contribution in [3.8, 4) is 5.75 Å². The molecule has 5 nitrogen and oxygen atoms in total. The third kappa shape index (κ3) is 5.45. The van der Waals surface area contributed by atoms with Crippen molar-refractivity contribution in [3.63, 3.8) is 0 Å². The Kier molecular flexibility index (Phi) is 6.93. The molecular formula is C18H23N3O2S. The van der Waals surface area contributed by atoms with E-state index in [1.54, 1.807) is 6.20 Å². The van der Waals surface area contributed by atoms with Crippen LogP contribution in [0, 0.1) is 0 Å². The molecule has 0 aliphatic rings. The molecule has 0 aliphatic carbocycles. The predicted molar refractivity (Wildman–Crippen MR) is 99.6 cm³/mol. The molecule has 1 unspecified atom stereocenters. The Morgan fingerprint density at radius 3 is 2.62 bits per heavy atom. The number of rotatable bonds is 9. The second-order valence-corrected chi connectivity index (χ2v) is 6.47. The van der Waals surface area contributed by atoms with Crippen LogP contribution in [0.25, 0.3) is 0 Å².